The topological polar surface area (TPSA) is 49.9 Å². The van der Waals surface area contributed by atoms with E-state index in [4.69, 9.17) is 27.9 Å². The molecule has 2 aliphatic heterocycles. The van der Waals surface area contributed by atoms with Gasteiger partial charge in [-0.1, -0.05) is 23.2 Å². The number of anilines is 1. The number of rotatable bonds is 2. The van der Waals surface area contributed by atoms with Gasteiger partial charge in [0.1, 0.15) is 0 Å². The van der Waals surface area contributed by atoms with Crippen molar-refractivity contribution in [1.82, 2.24) is 0 Å². The zero-order valence-electron chi connectivity index (χ0n) is 8.57. The first-order valence-corrected chi connectivity index (χ1v) is 5.81. The molecule has 4 nitrogen and oxygen atoms in total. The number of hydrogen-bond donors (Lipinski definition) is 0. The molecule has 0 radical (unpaired) electrons. The molecule has 3 rings (SSSR count). The smallest absolute Gasteiger partial charge is 0.299 e. The van der Waals surface area contributed by atoms with Crippen molar-refractivity contribution in [1.29, 1.82) is 0 Å². The van der Waals surface area contributed by atoms with Crippen molar-refractivity contribution in [2.45, 2.75) is 6.10 Å². The fraction of sp³-hybridized carbons (Fsp3) is 0.273. The SMILES string of the molecule is O=C1C(=O)N(CC2CO2)c2c(Cl)ccc(Cl)c21. The van der Waals surface area contributed by atoms with Crippen LogP contribution < -0.4 is 4.90 Å². The Bertz CT molecular complexity index is 540. The van der Waals surface area contributed by atoms with Crippen molar-refractivity contribution in [3.05, 3.63) is 27.7 Å². The van der Waals surface area contributed by atoms with Gasteiger partial charge in [-0.3, -0.25) is 9.59 Å². The minimum absolute atomic E-state index is 0.00671. The van der Waals surface area contributed by atoms with E-state index < -0.39 is 11.7 Å². The molecule has 0 bridgehead atoms. The van der Waals surface area contributed by atoms with Crippen molar-refractivity contribution in [3.8, 4) is 0 Å². The van der Waals surface area contributed by atoms with Crippen LogP contribution in [0.2, 0.25) is 10.0 Å². The van der Waals surface area contributed by atoms with Crippen molar-refractivity contribution < 1.29 is 14.3 Å². The normalized spacial score (nSPS) is 22.0. The van der Waals surface area contributed by atoms with Gasteiger partial charge in [-0.05, 0) is 12.1 Å². The van der Waals surface area contributed by atoms with Crippen LogP contribution in [0.3, 0.4) is 0 Å². The van der Waals surface area contributed by atoms with Crippen LogP contribution in [-0.4, -0.2) is 30.9 Å². The van der Waals surface area contributed by atoms with Gasteiger partial charge < -0.3 is 9.64 Å². The average Bonchev–Trinajstić information content (AvgIpc) is 3.07. The quantitative estimate of drug-likeness (QED) is 0.610. The second-order valence-corrected chi connectivity index (χ2v) is 4.77. The number of amides is 1. The first-order chi connectivity index (χ1) is 8.09. The summed E-state index contributed by atoms with van der Waals surface area (Å²) in [6.07, 6.45) is -0.00671. The van der Waals surface area contributed by atoms with Crippen LogP contribution in [0.5, 0.6) is 0 Å². The zero-order chi connectivity index (χ0) is 12.2. The summed E-state index contributed by atoms with van der Waals surface area (Å²) in [6, 6.07) is 3.10. The lowest BCUT2D eigenvalue weighted by molar-refractivity contribution is -0.114. The predicted octanol–water partition coefficient (Wildman–Crippen LogP) is 1.92. The highest BCUT2D eigenvalue weighted by Crippen LogP contribution is 2.40. The summed E-state index contributed by atoms with van der Waals surface area (Å²) in [4.78, 5) is 25.0. The number of hydrogen-bond acceptors (Lipinski definition) is 3. The number of fused-ring (bicyclic) bond motifs is 1. The highest BCUT2D eigenvalue weighted by atomic mass is 35.5. The highest BCUT2D eigenvalue weighted by Gasteiger charge is 2.42. The summed E-state index contributed by atoms with van der Waals surface area (Å²) in [7, 11) is 0. The van der Waals surface area contributed by atoms with Crippen LogP contribution in [0.25, 0.3) is 0 Å². The maximum atomic E-state index is 11.8. The number of halogens is 2. The Morgan fingerprint density at radius 3 is 2.59 bits per heavy atom. The van der Waals surface area contributed by atoms with Crippen molar-refractivity contribution in [2.75, 3.05) is 18.1 Å². The van der Waals surface area contributed by atoms with Gasteiger partial charge in [0.2, 0.25) is 0 Å². The predicted molar refractivity (Wildman–Crippen MR) is 62.9 cm³/mol. The van der Waals surface area contributed by atoms with Crippen LogP contribution in [-0.2, 0) is 9.53 Å². The highest BCUT2D eigenvalue weighted by molar-refractivity contribution is 6.57. The largest absolute Gasteiger partial charge is 0.371 e. The lowest BCUT2D eigenvalue weighted by Crippen LogP contribution is -2.33. The summed E-state index contributed by atoms with van der Waals surface area (Å²) in [6.45, 7) is 0.948. The van der Waals surface area contributed by atoms with Crippen molar-refractivity contribution in [2.24, 2.45) is 0 Å². The molecular weight excluding hydrogens is 265 g/mol. The van der Waals surface area contributed by atoms with Gasteiger partial charge in [-0.2, -0.15) is 0 Å². The molecular formula is C11H7Cl2NO3. The molecule has 1 unspecified atom stereocenters. The van der Waals surface area contributed by atoms with E-state index in [1.54, 1.807) is 6.07 Å². The van der Waals surface area contributed by atoms with Crippen LogP contribution in [0, 0.1) is 0 Å². The second-order valence-electron chi connectivity index (χ2n) is 3.95. The molecule has 0 saturated carbocycles. The van der Waals surface area contributed by atoms with Crippen LogP contribution in [0.1, 0.15) is 10.4 Å². The van der Waals surface area contributed by atoms with Crippen molar-refractivity contribution >= 4 is 40.6 Å². The van der Waals surface area contributed by atoms with E-state index in [0.29, 0.717) is 23.9 Å². The van der Waals surface area contributed by atoms with Crippen molar-refractivity contribution in [3.63, 3.8) is 0 Å². The van der Waals surface area contributed by atoms with Gasteiger partial charge >= 0.3 is 0 Å². The molecule has 1 atom stereocenters. The van der Waals surface area contributed by atoms with Gasteiger partial charge in [0.05, 0.1) is 40.6 Å². The third kappa shape index (κ3) is 1.64. The molecule has 0 aromatic heterocycles. The fourth-order valence-electron chi connectivity index (χ4n) is 1.90. The Balaban J connectivity index is 2.13. The molecule has 88 valence electrons. The zero-order valence-corrected chi connectivity index (χ0v) is 10.1. The number of epoxide rings is 1. The number of Topliss-reactive ketones (excluding diaryl/α,β-unsaturated/α-hetero) is 1. The molecule has 1 aromatic carbocycles. The number of benzene rings is 1. The van der Waals surface area contributed by atoms with Gasteiger partial charge in [0.25, 0.3) is 11.7 Å². The summed E-state index contributed by atoms with van der Waals surface area (Å²) in [5, 5.41) is 0.603. The Labute approximate surface area is 107 Å². The van der Waals surface area contributed by atoms with E-state index in [1.165, 1.54) is 11.0 Å². The molecule has 1 fully saturated rings. The van der Waals surface area contributed by atoms with Crippen LogP contribution in [0.4, 0.5) is 5.69 Å². The lowest BCUT2D eigenvalue weighted by Gasteiger charge is -2.16. The average molecular weight is 272 g/mol. The third-order valence-corrected chi connectivity index (χ3v) is 3.42. The van der Waals surface area contributed by atoms with E-state index in [2.05, 4.69) is 0 Å². The molecule has 2 aliphatic rings. The number of carbonyl (C=O) groups excluding carboxylic acids is 2. The number of ketones is 1. The summed E-state index contributed by atoms with van der Waals surface area (Å²) < 4.78 is 5.06. The summed E-state index contributed by atoms with van der Waals surface area (Å²) >= 11 is 12.0. The van der Waals surface area contributed by atoms with E-state index >= 15 is 0 Å². The number of nitrogens with zero attached hydrogens (tertiary/aromatic N) is 1. The van der Waals surface area contributed by atoms with Gasteiger partial charge in [0.15, 0.2) is 0 Å². The van der Waals surface area contributed by atoms with Crippen LogP contribution in [0.15, 0.2) is 12.1 Å². The van der Waals surface area contributed by atoms with E-state index in [9.17, 15) is 9.59 Å². The standard InChI is InChI=1S/C11H7Cl2NO3/c12-6-1-2-7(13)9-8(6)10(15)11(16)14(9)3-5-4-17-5/h1-2,5H,3-4H2. The Kier molecular flexibility index (Phi) is 2.40. The molecule has 6 heteroatoms. The summed E-state index contributed by atoms with van der Waals surface area (Å²) in [5.41, 5.74) is 0.606. The molecule has 0 spiro atoms. The second kappa shape index (κ2) is 3.70. The van der Waals surface area contributed by atoms with Gasteiger partial charge in [-0.15, -0.1) is 0 Å². The minimum Gasteiger partial charge on any atom is -0.371 e. The number of carbonyl (C=O) groups is 2. The van der Waals surface area contributed by atoms with Crippen LogP contribution >= 0.6 is 23.2 Å². The Morgan fingerprint density at radius 2 is 1.94 bits per heavy atom. The molecule has 1 aromatic rings. The lowest BCUT2D eigenvalue weighted by atomic mass is 10.1. The first kappa shape index (κ1) is 11.0. The summed E-state index contributed by atoms with van der Waals surface area (Å²) in [5.74, 6) is -1.20. The molecule has 1 amide bonds. The Hall–Kier alpha value is -1.10. The minimum atomic E-state index is -0.604. The van der Waals surface area contributed by atoms with E-state index in [-0.39, 0.29) is 16.7 Å². The van der Waals surface area contributed by atoms with Gasteiger partial charge in [0, 0.05) is 0 Å². The van der Waals surface area contributed by atoms with E-state index in [1.807, 2.05) is 0 Å². The molecule has 1 saturated heterocycles. The first-order valence-electron chi connectivity index (χ1n) is 5.05. The fourth-order valence-corrected chi connectivity index (χ4v) is 2.40. The van der Waals surface area contributed by atoms with E-state index in [0.717, 1.165) is 0 Å². The molecule has 17 heavy (non-hydrogen) atoms. The molecule has 2 heterocycles. The molecule has 0 aliphatic carbocycles. The maximum Gasteiger partial charge on any atom is 0.299 e. The monoisotopic (exact) mass is 271 g/mol. The van der Waals surface area contributed by atoms with Gasteiger partial charge in [-0.25, -0.2) is 0 Å². The third-order valence-electron chi connectivity index (χ3n) is 2.80. The number of ether oxygens (including phenoxy) is 1. The Morgan fingerprint density at radius 1 is 1.29 bits per heavy atom. The molecule has 0 N–H and O–H groups in total. The maximum absolute atomic E-state index is 11.8.